The van der Waals surface area contributed by atoms with Crippen molar-refractivity contribution in [1.82, 2.24) is 19.5 Å². The Kier molecular flexibility index (Phi) is 6.14. The van der Waals surface area contributed by atoms with Gasteiger partial charge in [0.2, 0.25) is 0 Å². The molecule has 1 aliphatic rings. The summed E-state index contributed by atoms with van der Waals surface area (Å²) >= 11 is 1.47. The highest BCUT2D eigenvalue weighted by atomic mass is 32.2. The summed E-state index contributed by atoms with van der Waals surface area (Å²) < 4.78 is 24.4. The van der Waals surface area contributed by atoms with E-state index in [1.807, 2.05) is 10.8 Å². The molecule has 1 fully saturated rings. The largest absolute Gasteiger partial charge is 0.496 e. The van der Waals surface area contributed by atoms with Crippen molar-refractivity contribution in [1.29, 1.82) is 0 Å². The first-order chi connectivity index (χ1) is 14.7. The van der Waals surface area contributed by atoms with E-state index < -0.39 is 0 Å². The predicted octanol–water partition coefficient (Wildman–Crippen LogP) is 4.02. The SMILES string of the molecule is COc1cc(OC)c(Nc2nc(SC)nc3c2ncn3C2CCCCO2)c(OC)c1. The van der Waals surface area contributed by atoms with Crippen molar-refractivity contribution >= 4 is 34.4 Å². The van der Waals surface area contributed by atoms with Crippen LogP contribution in [0.3, 0.4) is 0 Å². The third-order valence-corrected chi connectivity index (χ3v) is 5.56. The summed E-state index contributed by atoms with van der Waals surface area (Å²) in [6.45, 7) is 0.746. The molecule has 1 saturated heterocycles. The highest BCUT2D eigenvalue weighted by Crippen LogP contribution is 2.41. The van der Waals surface area contributed by atoms with Gasteiger partial charge in [-0.1, -0.05) is 11.8 Å². The molecule has 0 radical (unpaired) electrons. The lowest BCUT2D eigenvalue weighted by Gasteiger charge is -2.23. The van der Waals surface area contributed by atoms with Crippen LogP contribution in [0.25, 0.3) is 11.2 Å². The molecule has 1 unspecified atom stereocenters. The first-order valence-corrected chi connectivity index (χ1v) is 10.9. The van der Waals surface area contributed by atoms with Crippen molar-refractivity contribution in [3.05, 3.63) is 18.5 Å². The van der Waals surface area contributed by atoms with Crippen molar-refractivity contribution in [3.63, 3.8) is 0 Å². The molecule has 0 spiro atoms. The molecule has 2 aromatic heterocycles. The van der Waals surface area contributed by atoms with Gasteiger partial charge in [-0.15, -0.1) is 0 Å². The van der Waals surface area contributed by atoms with Gasteiger partial charge in [0.1, 0.15) is 29.2 Å². The first-order valence-electron chi connectivity index (χ1n) is 9.65. The second kappa shape index (κ2) is 8.97. The topological polar surface area (TPSA) is 92.6 Å². The highest BCUT2D eigenvalue weighted by Gasteiger charge is 2.23. The summed E-state index contributed by atoms with van der Waals surface area (Å²) in [6, 6.07) is 3.57. The van der Waals surface area contributed by atoms with Crippen LogP contribution in [0.2, 0.25) is 0 Å². The Morgan fingerprint density at radius 3 is 2.47 bits per heavy atom. The van der Waals surface area contributed by atoms with Crippen molar-refractivity contribution < 1.29 is 18.9 Å². The van der Waals surface area contributed by atoms with Crippen molar-refractivity contribution in [3.8, 4) is 17.2 Å². The number of methoxy groups -OCH3 is 3. The van der Waals surface area contributed by atoms with Crippen LogP contribution in [0.15, 0.2) is 23.6 Å². The monoisotopic (exact) mass is 431 g/mol. The van der Waals surface area contributed by atoms with Gasteiger partial charge in [0.15, 0.2) is 22.1 Å². The van der Waals surface area contributed by atoms with Gasteiger partial charge in [0.05, 0.1) is 27.7 Å². The van der Waals surface area contributed by atoms with Crippen LogP contribution in [0, 0.1) is 0 Å². The van der Waals surface area contributed by atoms with Crippen LogP contribution in [-0.4, -0.2) is 53.7 Å². The molecule has 1 N–H and O–H groups in total. The fourth-order valence-corrected chi connectivity index (χ4v) is 3.84. The number of hydrogen-bond acceptors (Lipinski definition) is 9. The lowest BCUT2D eigenvalue weighted by Crippen LogP contribution is -2.17. The second-order valence-corrected chi connectivity index (χ2v) is 7.51. The molecular formula is C20H25N5O4S. The number of imidazole rings is 1. The Morgan fingerprint density at radius 1 is 1.10 bits per heavy atom. The number of nitrogens with zero attached hydrogens (tertiary/aromatic N) is 4. The van der Waals surface area contributed by atoms with Gasteiger partial charge >= 0.3 is 0 Å². The van der Waals surface area contributed by atoms with E-state index in [1.54, 1.807) is 39.8 Å². The summed E-state index contributed by atoms with van der Waals surface area (Å²) in [5.74, 6) is 2.34. The molecule has 0 saturated carbocycles. The van der Waals surface area contributed by atoms with Gasteiger partial charge in [-0.3, -0.25) is 4.57 Å². The summed E-state index contributed by atoms with van der Waals surface area (Å²) in [6.07, 6.45) is 6.79. The molecule has 3 aromatic rings. The normalized spacial score (nSPS) is 16.5. The second-order valence-electron chi connectivity index (χ2n) is 6.74. The summed E-state index contributed by atoms with van der Waals surface area (Å²) in [4.78, 5) is 13.9. The van der Waals surface area contributed by atoms with E-state index in [9.17, 15) is 0 Å². The van der Waals surface area contributed by atoms with Gasteiger partial charge in [0.25, 0.3) is 0 Å². The Morgan fingerprint density at radius 2 is 1.87 bits per heavy atom. The van der Waals surface area contributed by atoms with E-state index in [1.165, 1.54) is 11.8 Å². The fraction of sp³-hybridized carbons (Fsp3) is 0.450. The Bertz CT molecular complexity index is 1010. The third-order valence-electron chi connectivity index (χ3n) is 5.01. The lowest BCUT2D eigenvalue weighted by atomic mass is 10.2. The maximum Gasteiger partial charge on any atom is 0.191 e. The van der Waals surface area contributed by atoms with E-state index in [0.29, 0.717) is 39.4 Å². The van der Waals surface area contributed by atoms with Gasteiger partial charge in [-0.2, -0.15) is 0 Å². The third kappa shape index (κ3) is 3.84. The van der Waals surface area contributed by atoms with Crippen LogP contribution in [0.5, 0.6) is 17.2 Å². The minimum absolute atomic E-state index is 0.0636. The maximum atomic E-state index is 5.94. The molecule has 0 amide bonds. The molecule has 1 atom stereocenters. The average Bonchev–Trinajstić information content (AvgIpc) is 3.23. The molecule has 0 bridgehead atoms. The number of ether oxygens (including phenoxy) is 4. The number of fused-ring (bicyclic) bond motifs is 1. The van der Waals surface area contributed by atoms with Crippen LogP contribution in [-0.2, 0) is 4.74 Å². The zero-order valence-corrected chi connectivity index (χ0v) is 18.3. The van der Waals surface area contributed by atoms with Gasteiger partial charge < -0.3 is 24.3 Å². The minimum Gasteiger partial charge on any atom is -0.496 e. The van der Waals surface area contributed by atoms with E-state index in [0.717, 1.165) is 31.5 Å². The molecule has 3 heterocycles. The van der Waals surface area contributed by atoms with Crippen LogP contribution >= 0.6 is 11.8 Å². The first kappa shape index (κ1) is 20.5. The van der Waals surface area contributed by atoms with Crippen molar-refractivity contribution in [2.45, 2.75) is 30.6 Å². The zero-order valence-electron chi connectivity index (χ0n) is 17.5. The number of aromatic nitrogens is 4. The molecular weight excluding hydrogens is 406 g/mol. The number of anilines is 2. The Balaban J connectivity index is 1.81. The van der Waals surface area contributed by atoms with E-state index in [4.69, 9.17) is 23.9 Å². The molecule has 0 aliphatic carbocycles. The molecule has 1 aliphatic heterocycles. The summed E-state index contributed by atoms with van der Waals surface area (Å²) in [5.41, 5.74) is 2.02. The smallest absolute Gasteiger partial charge is 0.191 e. The average molecular weight is 432 g/mol. The molecule has 1 aromatic carbocycles. The number of thioether (sulfide) groups is 1. The maximum absolute atomic E-state index is 5.94. The quantitative estimate of drug-likeness (QED) is 0.440. The summed E-state index contributed by atoms with van der Waals surface area (Å²) in [7, 11) is 4.79. The number of hydrogen-bond donors (Lipinski definition) is 1. The molecule has 30 heavy (non-hydrogen) atoms. The number of nitrogens with one attached hydrogen (secondary N) is 1. The van der Waals surface area contributed by atoms with Crippen LogP contribution in [0.1, 0.15) is 25.5 Å². The zero-order chi connectivity index (χ0) is 21.1. The molecule has 160 valence electrons. The molecule has 9 nitrogen and oxygen atoms in total. The van der Waals surface area contributed by atoms with Gasteiger partial charge in [0, 0.05) is 18.7 Å². The van der Waals surface area contributed by atoms with Crippen molar-refractivity contribution in [2.24, 2.45) is 0 Å². The highest BCUT2D eigenvalue weighted by molar-refractivity contribution is 7.98. The van der Waals surface area contributed by atoms with Crippen molar-refractivity contribution in [2.75, 3.05) is 39.5 Å². The Hall–Kier alpha value is -2.72. The fourth-order valence-electron chi connectivity index (χ4n) is 3.48. The van der Waals surface area contributed by atoms with E-state index >= 15 is 0 Å². The van der Waals surface area contributed by atoms with Gasteiger partial charge in [-0.25, -0.2) is 15.0 Å². The molecule has 4 rings (SSSR count). The summed E-state index contributed by atoms with van der Waals surface area (Å²) in [5, 5.41) is 3.97. The lowest BCUT2D eigenvalue weighted by molar-refractivity contribution is -0.0298. The van der Waals surface area contributed by atoms with E-state index in [-0.39, 0.29) is 6.23 Å². The van der Waals surface area contributed by atoms with Crippen LogP contribution in [0.4, 0.5) is 11.5 Å². The minimum atomic E-state index is -0.0636. The standard InChI is InChI=1S/C20H25N5O4S/c1-26-12-9-13(27-2)16(14(10-12)28-3)22-18-17-19(24-20(23-18)30-4)25(11-21-17)15-7-5-6-8-29-15/h9-11,15H,5-8H2,1-4H3,(H,22,23,24). The molecule has 10 heteroatoms. The van der Waals surface area contributed by atoms with E-state index in [2.05, 4.69) is 15.3 Å². The number of rotatable bonds is 7. The Labute approximate surface area is 179 Å². The van der Waals surface area contributed by atoms with Crippen LogP contribution < -0.4 is 19.5 Å². The number of benzene rings is 1. The van der Waals surface area contributed by atoms with Gasteiger partial charge in [-0.05, 0) is 25.5 Å². The predicted molar refractivity (Wildman–Crippen MR) is 115 cm³/mol.